The number of nitrogens with zero attached hydrogens (tertiary/aromatic N) is 5. The van der Waals surface area contributed by atoms with E-state index < -0.39 is 0 Å². The van der Waals surface area contributed by atoms with E-state index in [9.17, 15) is 0 Å². The molecule has 0 N–H and O–H groups in total. The Morgan fingerprint density at radius 2 is 2.00 bits per heavy atom. The number of aryl methyl sites for hydroxylation is 1. The summed E-state index contributed by atoms with van der Waals surface area (Å²) in [5.74, 6) is 1.35. The first-order chi connectivity index (χ1) is 8.69. The van der Waals surface area contributed by atoms with Crippen molar-refractivity contribution in [2.45, 2.75) is 13.5 Å². The van der Waals surface area contributed by atoms with Gasteiger partial charge in [-0.1, -0.05) is 0 Å². The van der Waals surface area contributed by atoms with Gasteiger partial charge in [0.15, 0.2) is 0 Å². The molecule has 0 saturated carbocycles. The summed E-state index contributed by atoms with van der Waals surface area (Å²) in [6, 6.07) is 7.64. The van der Waals surface area contributed by atoms with E-state index in [0.29, 0.717) is 18.1 Å². The number of hydrogen-bond donors (Lipinski definition) is 0. The van der Waals surface area contributed by atoms with Crippen molar-refractivity contribution in [1.29, 1.82) is 5.26 Å². The lowest BCUT2D eigenvalue weighted by Gasteiger charge is -2.18. The van der Waals surface area contributed by atoms with Gasteiger partial charge >= 0.3 is 0 Å². The Labute approximate surface area is 106 Å². The standard InChI is InChI=1S/C13H13N5/c1-10-16-12(8-14)7-13(17-10)18(2)9-11-3-5-15-6-4-11/h3-7H,9H2,1-2H3. The maximum Gasteiger partial charge on any atom is 0.146 e. The number of nitriles is 1. The molecule has 0 unspecified atom stereocenters. The number of rotatable bonds is 3. The first kappa shape index (κ1) is 12.0. The van der Waals surface area contributed by atoms with E-state index in [1.807, 2.05) is 30.1 Å². The highest BCUT2D eigenvalue weighted by atomic mass is 15.2. The van der Waals surface area contributed by atoms with Crippen molar-refractivity contribution in [1.82, 2.24) is 15.0 Å². The summed E-state index contributed by atoms with van der Waals surface area (Å²) in [6.07, 6.45) is 3.52. The van der Waals surface area contributed by atoms with Crippen LogP contribution in [0.5, 0.6) is 0 Å². The Bertz CT molecular complexity index is 574. The first-order valence-corrected chi connectivity index (χ1v) is 5.55. The van der Waals surface area contributed by atoms with Crippen LogP contribution >= 0.6 is 0 Å². The molecule has 90 valence electrons. The second-order valence-corrected chi connectivity index (χ2v) is 3.98. The van der Waals surface area contributed by atoms with E-state index in [2.05, 4.69) is 15.0 Å². The SMILES string of the molecule is Cc1nc(C#N)cc(N(C)Cc2ccncc2)n1. The normalized spacial score (nSPS) is 9.83. The van der Waals surface area contributed by atoms with Crippen LogP contribution in [0, 0.1) is 18.3 Å². The highest BCUT2D eigenvalue weighted by molar-refractivity contribution is 5.42. The molecule has 0 radical (unpaired) electrons. The Hall–Kier alpha value is -2.48. The van der Waals surface area contributed by atoms with Crippen LogP contribution in [0.2, 0.25) is 0 Å². The Morgan fingerprint density at radius 1 is 1.28 bits per heavy atom. The van der Waals surface area contributed by atoms with Crippen LogP contribution in [-0.4, -0.2) is 22.0 Å². The van der Waals surface area contributed by atoms with E-state index in [1.165, 1.54) is 0 Å². The quantitative estimate of drug-likeness (QED) is 0.815. The minimum atomic E-state index is 0.388. The van der Waals surface area contributed by atoms with Gasteiger partial charge in [0.1, 0.15) is 23.4 Å². The molecule has 2 aromatic rings. The Kier molecular flexibility index (Phi) is 3.49. The fourth-order valence-corrected chi connectivity index (χ4v) is 1.65. The fourth-order valence-electron chi connectivity index (χ4n) is 1.65. The summed E-state index contributed by atoms with van der Waals surface area (Å²) >= 11 is 0. The van der Waals surface area contributed by atoms with Gasteiger partial charge < -0.3 is 4.90 Å². The molecule has 5 nitrogen and oxygen atoms in total. The van der Waals surface area contributed by atoms with E-state index in [0.717, 1.165) is 11.4 Å². The lowest BCUT2D eigenvalue weighted by atomic mass is 10.2. The van der Waals surface area contributed by atoms with Crippen molar-refractivity contribution >= 4 is 5.82 Å². The first-order valence-electron chi connectivity index (χ1n) is 5.55. The molecule has 0 spiro atoms. The van der Waals surface area contributed by atoms with Gasteiger partial charge in [-0.25, -0.2) is 9.97 Å². The van der Waals surface area contributed by atoms with Crippen LogP contribution in [0.3, 0.4) is 0 Å². The molecular weight excluding hydrogens is 226 g/mol. The predicted molar refractivity (Wildman–Crippen MR) is 67.8 cm³/mol. The lowest BCUT2D eigenvalue weighted by molar-refractivity contribution is 0.874. The summed E-state index contributed by atoms with van der Waals surface area (Å²) in [7, 11) is 1.93. The summed E-state index contributed by atoms with van der Waals surface area (Å²) in [5.41, 5.74) is 1.53. The van der Waals surface area contributed by atoms with Crippen molar-refractivity contribution in [2.75, 3.05) is 11.9 Å². The van der Waals surface area contributed by atoms with E-state index in [1.54, 1.807) is 25.4 Å². The molecule has 0 fully saturated rings. The van der Waals surface area contributed by atoms with Crippen molar-refractivity contribution in [3.63, 3.8) is 0 Å². The van der Waals surface area contributed by atoms with Crippen molar-refractivity contribution < 1.29 is 0 Å². The maximum absolute atomic E-state index is 8.89. The molecule has 5 heteroatoms. The van der Waals surface area contributed by atoms with Crippen LogP contribution in [0.1, 0.15) is 17.1 Å². The summed E-state index contributed by atoms with van der Waals surface area (Å²) in [5, 5.41) is 8.89. The van der Waals surface area contributed by atoms with Crippen LogP contribution in [0.15, 0.2) is 30.6 Å². The van der Waals surface area contributed by atoms with Gasteiger partial charge in [0.25, 0.3) is 0 Å². The Balaban J connectivity index is 2.21. The molecule has 0 atom stereocenters. The average Bonchev–Trinajstić information content (AvgIpc) is 2.39. The molecule has 2 aromatic heterocycles. The third kappa shape index (κ3) is 2.80. The van der Waals surface area contributed by atoms with Gasteiger partial charge in [-0.15, -0.1) is 0 Å². The van der Waals surface area contributed by atoms with Gasteiger partial charge in [0.2, 0.25) is 0 Å². The lowest BCUT2D eigenvalue weighted by Crippen LogP contribution is -2.18. The van der Waals surface area contributed by atoms with Gasteiger partial charge in [-0.05, 0) is 24.6 Å². The average molecular weight is 239 g/mol. The Morgan fingerprint density at radius 3 is 2.67 bits per heavy atom. The smallest absolute Gasteiger partial charge is 0.146 e. The van der Waals surface area contributed by atoms with E-state index in [4.69, 9.17) is 5.26 Å². The minimum absolute atomic E-state index is 0.388. The predicted octanol–water partition coefficient (Wildman–Crippen LogP) is 1.69. The molecule has 18 heavy (non-hydrogen) atoms. The third-order valence-electron chi connectivity index (χ3n) is 2.50. The van der Waals surface area contributed by atoms with Gasteiger partial charge in [-0.2, -0.15) is 5.26 Å². The molecule has 0 aliphatic heterocycles. The van der Waals surface area contributed by atoms with Crippen LogP contribution < -0.4 is 4.90 Å². The monoisotopic (exact) mass is 239 g/mol. The van der Waals surface area contributed by atoms with Crippen molar-refractivity contribution in [3.05, 3.63) is 47.7 Å². The number of aromatic nitrogens is 3. The van der Waals surface area contributed by atoms with Gasteiger partial charge in [0.05, 0.1) is 0 Å². The second kappa shape index (κ2) is 5.23. The maximum atomic E-state index is 8.89. The molecule has 2 rings (SSSR count). The van der Waals surface area contributed by atoms with Crippen molar-refractivity contribution in [2.24, 2.45) is 0 Å². The molecule has 0 aromatic carbocycles. The van der Waals surface area contributed by atoms with E-state index in [-0.39, 0.29) is 0 Å². The zero-order valence-corrected chi connectivity index (χ0v) is 10.3. The zero-order chi connectivity index (χ0) is 13.0. The highest BCUT2D eigenvalue weighted by Gasteiger charge is 2.07. The molecule has 0 bridgehead atoms. The highest BCUT2D eigenvalue weighted by Crippen LogP contribution is 2.13. The molecule has 0 aliphatic rings. The minimum Gasteiger partial charge on any atom is -0.355 e. The van der Waals surface area contributed by atoms with Crippen LogP contribution in [0.25, 0.3) is 0 Å². The second-order valence-electron chi connectivity index (χ2n) is 3.98. The summed E-state index contributed by atoms with van der Waals surface area (Å²) in [6.45, 7) is 2.49. The number of anilines is 1. The molecule has 0 saturated heterocycles. The summed E-state index contributed by atoms with van der Waals surface area (Å²) in [4.78, 5) is 14.3. The topological polar surface area (TPSA) is 65.7 Å². The van der Waals surface area contributed by atoms with Gasteiger partial charge in [-0.3, -0.25) is 4.98 Å². The van der Waals surface area contributed by atoms with Gasteiger partial charge in [0, 0.05) is 32.1 Å². The van der Waals surface area contributed by atoms with Crippen molar-refractivity contribution in [3.8, 4) is 6.07 Å². The molecule has 0 amide bonds. The number of hydrogen-bond acceptors (Lipinski definition) is 5. The van der Waals surface area contributed by atoms with Crippen LogP contribution in [0.4, 0.5) is 5.82 Å². The number of pyridine rings is 1. The fraction of sp³-hybridized carbons (Fsp3) is 0.231. The zero-order valence-electron chi connectivity index (χ0n) is 10.3. The van der Waals surface area contributed by atoms with E-state index >= 15 is 0 Å². The largest absolute Gasteiger partial charge is 0.355 e. The van der Waals surface area contributed by atoms with Crippen LogP contribution in [-0.2, 0) is 6.54 Å². The molecule has 0 aliphatic carbocycles. The molecule has 2 heterocycles. The molecular formula is C13H13N5. The third-order valence-corrected chi connectivity index (χ3v) is 2.50. The summed E-state index contributed by atoms with van der Waals surface area (Å²) < 4.78 is 0.